The molecule has 0 spiro atoms. The van der Waals surface area contributed by atoms with Crippen LogP contribution in [0.4, 0.5) is 0 Å². The van der Waals surface area contributed by atoms with E-state index in [9.17, 15) is 9.59 Å². The Balaban J connectivity index is 0.000000167. The molecule has 144 valence electrons. The third-order valence-electron chi connectivity index (χ3n) is 4.17. The number of aldehydes is 1. The second-order valence-electron chi connectivity index (χ2n) is 5.99. The van der Waals surface area contributed by atoms with E-state index < -0.39 is 12.1 Å². The van der Waals surface area contributed by atoms with Crippen LogP contribution in [0.5, 0.6) is 0 Å². The molecule has 0 radical (unpaired) electrons. The molecule has 0 saturated heterocycles. The minimum absolute atomic E-state index is 0.558. The molecule has 0 aliphatic carbocycles. The fraction of sp³-hybridized carbons (Fsp3) is 0.222. The first kappa shape index (κ1) is 19.1. The molecule has 10 heteroatoms. The summed E-state index contributed by atoms with van der Waals surface area (Å²) in [5, 5.41) is 24.4. The van der Waals surface area contributed by atoms with E-state index in [-0.39, 0.29) is 0 Å². The number of hydrogen-bond donors (Lipinski definition) is 1. The smallest absolute Gasteiger partial charge is 0.337 e. The van der Waals surface area contributed by atoms with E-state index in [1.54, 1.807) is 46.7 Å². The molecule has 0 bridgehead atoms. The van der Waals surface area contributed by atoms with E-state index in [1.165, 1.54) is 7.11 Å². The van der Waals surface area contributed by atoms with Gasteiger partial charge in [-0.05, 0) is 35.9 Å². The second kappa shape index (κ2) is 7.92. The lowest BCUT2D eigenvalue weighted by Crippen LogP contribution is -2.13. The summed E-state index contributed by atoms with van der Waals surface area (Å²) in [7, 11) is 4.95. The van der Waals surface area contributed by atoms with Crippen molar-refractivity contribution in [3.63, 3.8) is 0 Å². The zero-order valence-corrected chi connectivity index (χ0v) is 15.5. The number of aliphatic carboxylic acids is 1. The lowest BCUT2D eigenvalue weighted by molar-refractivity contribution is -0.148. The Morgan fingerprint density at radius 3 is 2.14 bits per heavy atom. The lowest BCUT2D eigenvalue weighted by Gasteiger charge is -2.10. The van der Waals surface area contributed by atoms with E-state index in [0.29, 0.717) is 16.6 Å². The van der Waals surface area contributed by atoms with E-state index in [4.69, 9.17) is 9.84 Å². The SMILES string of the molecule is COC(C(=O)O)c1ccc2c(c1)nnn2C.Cn1nnc2cc(C=O)ccc21. The number of carboxylic acids is 1. The Morgan fingerprint density at radius 1 is 1.04 bits per heavy atom. The Bertz CT molecular complexity index is 1150. The summed E-state index contributed by atoms with van der Waals surface area (Å²) < 4.78 is 8.20. The van der Waals surface area contributed by atoms with Gasteiger partial charge in [-0.2, -0.15) is 0 Å². The first-order valence-corrected chi connectivity index (χ1v) is 8.24. The first-order chi connectivity index (χ1) is 13.4. The highest BCUT2D eigenvalue weighted by Gasteiger charge is 2.19. The van der Waals surface area contributed by atoms with Crippen molar-refractivity contribution in [2.75, 3.05) is 7.11 Å². The molecule has 2 aromatic carbocycles. The third kappa shape index (κ3) is 3.71. The molecule has 0 aliphatic rings. The number of methoxy groups -OCH3 is 1. The number of carboxylic acid groups (broad SMARTS) is 1. The first-order valence-electron chi connectivity index (χ1n) is 8.24. The van der Waals surface area contributed by atoms with Crippen LogP contribution in [0.1, 0.15) is 22.0 Å². The Kier molecular flexibility index (Phi) is 5.41. The fourth-order valence-electron chi connectivity index (χ4n) is 2.73. The van der Waals surface area contributed by atoms with Crippen molar-refractivity contribution in [1.82, 2.24) is 30.0 Å². The van der Waals surface area contributed by atoms with Gasteiger partial charge < -0.3 is 9.84 Å². The van der Waals surface area contributed by atoms with Crippen LogP contribution in [0, 0.1) is 0 Å². The highest BCUT2D eigenvalue weighted by Crippen LogP contribution is 2.21. The van der Waals surface area contributed by atoms with Crippen LogP contribution in [-0.4, -0.2) is 54.5 Å². The molecular formula is C18H18N6O4. The van der Waals surface area contributed by atoms with Crippen molar-refractivity contribution in [3.8, 4) is 0 Å². The molecule has 0 aliphatic heterocycles. The van der Waals surface area contributed by atoms with Gasteiger partial charge in [0, 0.05) is 26.8 Å². The number of aryl methyl sites for hydroxylation is 2. The quantitative estimate of drug-likeness (QED) is 0.527. The Morgan fingerprint density at radius 2 is 1.61 bits per heavy atom. The zero-order chi connectivity index (χ0) is 20.3. The topological polar surface area (TPSA) is 125 Å². The number of benzene rings is 2. The molecule has 0 fully saturated rings. The maximum absolute atomic E-state index is 10.9. The van der Waals surface area contributed by atoms with Gasteiger partial charge in [-0.25, -0.2) is 14.2 Å². The van der Waals surface area contributed by atoms with Crippen LogP contribution in [-0.2, 0) is 23.6 Å². The number of rotatable bonds is 4. The minimum Gasteiger partial charge on any atom is -0.479 e. The van der Waals surface area contributed by atoms with Gasteiger partial charge in [0.2, 0.25) is 0 Å². The highest BCUT2D eigenvalue weighted by molar-refractivity contribution is 5.84. The van der Waals surface area contributed by atoms with Gasteiger partial charge >= 0.3 is 5.97 Å². The van der Waals surface area contributed by atoms with Crippen molar-refractivity contribution in [2.45, 2.75) is 6.10 Å². The molecule has 10 nitrogen and oxygen atoms in total. The molecule has 1 N–H and O–H groups in total. The van der Waals surface area contributed by atoms with E-state index in [0.717, 1.165) is 22.8 Å². The van der Waals surface area contributed by atoms with E-state index in [1.807, 2.05) is 13.1 Å². The molecule has 1 atom stereocenters. The van der Waals surface area contributed by atoms with Crippen LogP contribution in [0.2, 0.25) is 0 Å². The van der Waals surface area contributed by atoms with Gasteiger partial charge in [0.15, 0.2) is 6.10 Å². The summed E-state index contributed by atoms with van der Waals surface area (Å²) >= 11 is 0. The van der Waals surface area contributed by atoms with Crippen molar-refractivity contribution >= 4 is 34.3 Å². The largest absolute Gasteiger partial charge is 0.479 e. The monoisotopic (exact) mass is 382 g/mol. The van der Waals surface area contributed by atoms with Crippen LogP contribution in [0.15, 0.2) is 36.4 Å². The molecule has 4 aromatic rings. The van der Waals surface area contributed by atoms with Gasteiger partial charge in [-0.1, -0.05) is 16.5 Å². The van der Waals surface area contributed by atoms with Crippen molar-refractivity contribution in [3.05, 3.63) is 47.5 Å². The number of hydrogen-bond acceptors (Lipinski definition) is 7. The fourth-order valence-corrected chi connectivity index (χ4v) is 2.73. The molecule has 2 aromatic heterocycles. The molecule has 2 heterocycles. The number of ether oxygens (including phenoxy) is 1. The second-order valence-corrected chi connectivity index (χ2v) is 5.99. The summed E-state index contributed by atoms with van der Waals surface area (Å²) in [6.45, 7) is 0. The maximum atomic E-state index is 10.9. The normalized spacial score (nSPS) is 11.8. The summed E-state index contributed by atoms with van der Waals surface area (Å²) in [6.07, 6.45) is -0.167. The molecule has 4 rings (SSSR count). The number of carbonyl (C=O) groups excluding carboxylic acids is 1. The predicted molar refractivity (Wildman–Crippen MR) is 99.8 cm³/mol. The number of carbonyl (C=O) groups is 2. The average Bonchev–Trinajstić information content (AvgIpc) is 3.25. The highest BCUT2D eigenvalue weighted by atomic mass is 16.5. The number of fused-ring (bicyclic) bond motifs is 2. The van der Waals surface area contributed by atoms with E-state index in [2.05, 4.69) is 20.6 Å². The number of nitrogens with zero attached hydrogens (tertiary/aromatic N) is 6. The Labute approximate surface area is 159 Å². The van der Waals surface area contributed by atoms with E-state index >= 15 is 0 Å². The van der Waals surface area contributed by atoms with Gasteiger partial charge in [-0.3, -0.25) is 4.79 Å². The Hall–Kier alpha value is -3.66. The van der Waals surface area contributed by atoms with Crippen LogP contribution >= 0.6 is 0 Å². The van der Waals surface area contributed by atoms with Gasteiger partial charge in [0.05, 0.1) is 11.0 Å². The molecule has 0 amide bonds. The zero-order valence-electron chi connectivity index (χ0n) is 15.5. The molecular weight excluding hydrogens is 364 g/mol. The minimum atomic E-state index is -1.02. The third-order valence-corrected chi connectivity index (χ3v) is 4.17. The molecule has 28 heavy (non-hydrogen) atoms. The summed E-state index contributed by atoms with van der Waals surface area (Å²) in [5.41, 5.74) is 4.38. The van der Waals surface area contributed by atoms with Crippen molar-refractivity contribution in [1.29, 1.82) is 0 Å². The summed E-state index contributed by atoms with van der Waals surface area (Å²) in [6, 6.07) is 10.4. The van der Waals surface area contributed by atoms with Crippen molar-refractivity contribution < 1.29 is 19.4 Å². The maximum Gasteiger partial charge on any atom is 0.337 e. The molecule has 1 unspecified atom stereocenters. The number of aromatic nitrogens is 6. The standard InChI is InChI=1S/C10H11N3O3.C8H7N3O/c1-13-8-4-3-6(5-7(8)11-12-13)9(16-2)10(14)15;1-11-8-3-2-6(5-12)4-7(8)9-10-11/h3-5,9H,1-2H3,(H,14,15);2-5H,1H3. The van der Waals surface area contributed by atoms with Crippen LogP contribution in [0.25, 0.3) is 22.1 Å². The predicted octanol–water partition coefficient (Wildman–Crippen LogP) is 1.52. The summed E-state index contributed by atoms with van der Waals surface area (Å²) in [5.74, 6) is -1.02. The van der Waals surface area contributed by atoms with Crippen LogP contribution in [0.3, 0.4) is 0 Å². The van der Waals surface area contributed by atoms with Crippen molar-refractivity contribution in [2.24, 2.45) is 14.1 Å². The van der Waals surface area contributed by atoms with Crippen LogP contribution < -0.4 is 0 Å². The average molecular weight is 382 g/mol. The summed E-state index contributed by atoms with van der Waals surface area (Å²) in [4.78, 5) is 21.3. The van der Waals surface area contributed by atoms with Gasteiger partial charge in [-0.15, -0.1) is 10.2 Å². The lowest BCUT2D eigenvalue weighted by atomic mass is 10.1. The molecule has 0 saturated carbocycles. The van der Waals surface area contributed by atoms with Gasteiger partial charge in [0.25, 0.3) is 0 Å². The van der Waals surface area contributed by atoms with Gasteiger partial charge in [0.1, 0.15) is 17.3 Å².